The van der Waals surface area contributed by atoms with Gasteiger partial charge in [0.15, 0.2) is 0 Å². The highest BCUT2D eigenvalue weighted by Crippen LogP contribution is 2.38. The fourth-order valence-electron chi connectivity index (χ4n) is 2.38. The average molecular weight is 441 g/mol. The molecule has 150 valence electrons. The summed E-state index contributed by atoms with van der Waals surface area (Å²) in [4.78, 5) is 32.3. The first-order valence-corrected chi connectivity index (χ1v) is 9.21. The summed E-state index contributed by atoms with van der Waals surface area (Å²) in [7, 11) is 0. The third-order valence-electron chi connectivity index (χ3n) is 3.76. The summed E-state index contributed by atoms with van der Waals surface area (Å²) in [6.45, 7) is 1.49. The minimum atomic E-state index is -4.59. The van der Waals surface area contributed by atoms with Gasteiger partial charge in [-0.15, -0.1) is 11.3 Å². The molecular formula is C18H12ClF3N4O2S. The van der Waals surface area contributed by atoms with Gasteiger partial charge < -0.3 is 0 Å². The number of pyridine rings is 1. The SMILES string of the molecule is Cc1nc(-c2cnccc2C(F)(F)F)sc1C(=O)NNC(=O)c1ccc(Cl)cc1. The second-order valence-corrected chi connectivity index (χ2v) is 7.20. The van der Waals surface area contributed by atoms with Crippen molar-refractivity contribution in [2.75, 3.05) is 0 Å². The molecule has 2 N–H and O–H groups in total. The summed E-state index contributed by atoms with van der Waals surface area (Å²) in [5.74, 6) is -1.28. The minimum absolute atomic E-state index is 0.00268. The molecule has 0 unspecified atom stereocenters. The highest BCUT2D eigenvalue weighted by atomic mass is 35.5. The van der Waals surface area contributed by atoms with E-state index in [1.165, 1.54) is 31.2 Å². The monoisotopic (exact) mass is 440 g/mol. The van der Waals surface area contributed by atoms with Gasteiger partial charge in [0.1, 0.15) is 9.88 Å². The summed E-state index contributed by atoms with van der Waals surface area (Å²) in [6.07, 6.45) is -2.51. The maximum atomic E-state index is 13.2. The maximum absolute atomic E-state index is 13.2. The van der Waals surface area contributed by atoms with Gasteiger partial charge in [0, 0.05) is 28.5 Å². The van der Waals surface area contributed by atoms with Crippen LogP contribution in [-0.4, -0.2) is 21.8 Å². The number of carbonyl (C=O) groups excluding carboxylic acids is 2. The van der Waals surface area contributed by atoms with Crippen molar-refractivity contribution in [1.82, 2.24) is 20.8 Å². The van der Waals surface area contributed by atoms with Crippen molar-refractivity contribution in [2.45, 2.75) is 13.1 Å². The van der Waals surface area contributed by atoms with Crippen LogP contribution in [0.2, 0.25) is 5.02 Å². The molecule has 0 bridgehead atoms. The zero-order chi connectivity index (χ0) is 21.2. The van der Waals surface area contributed by atoms with Gasteiger partial charge in [-0.3, -0.25) is 25.4 Å². The third-order valence-corrected chi connectivity index (χ3v) is 5.20. The Hall–Kier alpha value is -2.98. The summed E-state index contributed by atoms with van der Waals surface area (Å²) in [6, 6.07) is 6.83. The fraction of sp³-hybridized carbons (Fsp3) is 0.111. The Kier molecular flexibility index (Phi) is 5.85. The molecule has 2 aromatic heterocycles. The number of alkyl halides is 3. The van der Waals surface area contributed by atoms with Gasteiger partial charge in [-0.2, -0.15) is 13.2 Å². The van der Waals surface area contributed by atoms with Crippen LogP contribution in [-0.2, 0) is 6.18 Å². The molecule has 0 aliphatic rings. The molecule has 0 aliphatic heterocycles. The molecule has 29 heavy (non-hydrogen) atoms. The smallest absolute Gasteiger partial charge is 0.267 e. The number of aryl methyl sites for hydroxylation is 1. The van der Waals surface area contributed by atoms with E-state index in [0.29, 0.717) is 5.02 Å². The number of aromatic nitrogens is 2. The van der Waals surface area contributed by atoms with Gasteiger partial charge in [-0.1, -0.05) is 11.6 Å². The number of thiazole rings is 1. The second kappa shape index (κ2) is 8.18. The zero-order valence-electron chi connectivity index (χ0n) is 14.7. The third kappa shape index (κ3) is 4.72. The topological polar surface area (TPSA) is 84.0 Å². The van der Waals surface area contributed by atoms with E-state index in [9.17, 15) is 22.8 Å². The Morgan fingerprint density at radius 1 is 1.07 bits per heavy atom. The number of hydrogen-bond donors (Lipinski definition) is 2. The van der Waals surface area contributed by atoms with Crippen molar-refractivity contribution >= 4 is 34.8 Å². The van der Waals surface area contributed by atoms with Gasteiger partial charge in [-0.05, 0) is 37.3 Å². The van der Waals surface area contributed by atoms with Crippen LogP contribution in [0.5, 0.6) is 0 Å². The molecule has 0 fully saturated rings. The summed E-state index contributed by atoms with van der Waals surface area (Å²) < 4.78 is 39.6. The molecule has 1 aromatic carbocycles. The number of hydrazine groups is 1. The largest absolute Gasteiger partial charge is 0.417 e. The van der Waals surface area contributed by atoms with E-state index in [-0.39, 0.29) is 26.7 Å². The quantitative estimate of drug-likeness (QED) is 0.596. The van der Waals surface area contributed by atoms with E-state index in [4.69, 9.17) is 11.6 Å². The summed E-state index contributed by atoms with van der Waals surface area (Å²) in [5, 5.41) is 0.448. The Bertz CT molecular complexity index is 1070. The van der Waals surface area contributed by atoms with Crippen LogP contribution in [0.4, 0.5) is 13.2 Å². The lowest BCUT2D eigenvalue weighted by Crippen LogP contribution is -2.41. The average Bonchev–Trinajstić information content (AvgIpc) is 3.07. The standard InChI is InChI=1S/C18H12ClF3N4O2S/c1-9-14(16(28)26-25-15(27)10-2-4-11(19)5-3-10)29-17(24-9)12-8-23-7-6-13(12)18(20,21)22/h2-8H,1H3,(H,25,27)(H,26,28). The van der Waals surface area contributed by atoms with Gasteiger partial charge in [0.2, 0.25) is 0 Å². The van der Waals surface area contributed by atoms with E-state index < -0.39 is 23.6 Å². The second-order valence-electron chi connectivity index (χ2n) is 5.77. The van der Waals surface area contributed by atoms with Crippen molar-refractivity contribution in [3.05, 3.63) is 69.4 Å². The molecule has 3 rings (SSSR count). The highest BCUT2D eigenvalue weighted by Gasteiger charge is 2.34. The molecule has 0 atom stereocenters. The molecular weight excluding hydrogens is 429 g/mol. The van der Waals surface area contributed by atoms with Crippen LogP contribution in [0.25, 0.3) is 10.6 Å². The Labute approximate surface area is 171 Å². The van der Waals surface area contributed by atoms with E-state index in [0.717, 1.165) is 29.8 Å². The van der Waals surface area contributed by atoms with E-state index in [2.05, 4.69) is 20.8 Å². The molecule has 0 saturated carbocycles. The lowest BCUT2D eigenvalue weighted by molar-refractivity contribution is -0.137. The first-order valence-electron chi connectivity index (χ1n) is 8.02. The van der Waals surface area contributed by atoms with Crippen molar-refractivity contribution in [3.8, 4) is 10.6 Å². The van der Waals surface area contributed by atoms with Crippen molar-refractivity contribution in [3.63, 3.8) is 0 Å². The maximum Gasteiger partial charge on any atom is 0.417 e. The minimum Gasteiger partial charge on any atom is -0.267 e. The molecule has 0 spiro atoms. The number of halogens is 4. The lowest BCUT2D eigenvalue weighted by Gasteiger charge is -2.09. The fourth-order valence-corrected chi connectivity index (χ4v) is 3.49. The van der Waals surface area contributed by atoms with E-state index in [1.54, 1.807) is 0 Å². The lowest BCUT2D eigenvalue weighted by atomic mass is 10.1. The first kappa shape index (κ1) is 20.7. The number of nitrogens with zero attached hydrogens (tertiary/aromatic N) is 2. The summed E-state index contributed by atoms with van der Waals surface area (Å²) in [5.41, 5.74) is 3.82. The van der Waals surface area contributed by atoms with Crippen molar-refractivity contribution < 1.29 is 22.8 Å². The number of nitrogens with one attached hydrogen (secondary N) is 2. The number of hydrogen-bond acceptors (Lipinski definition) is 5. The predicted octanol–water partition coefficient (Wildman–Crippen LogP) is 4.26. The zero-order valence-corrected chi connectivity index (χ0v) is 16.2. The molecule has 0 saturated heterocycles. The van der Waals surface area contributed by atoms with Crippen LogP contribution in [0.3, 0.4) is 0 Å². The highest BCUT2D eigenvalue weighted by molar-refractivity contribution is 7.17. The number of benzene rings is 1. The van der Waals surface area contributed by atoms with Gasteiger partial charge in [0.25, 0.3) is 11.8 Å². The van der Waals surface area contributed by atoms with Gasteiger partial charge in [-0.25, -0.2) is 4.98 Å². The van der Waals surface area contributed by atoms with Crippen molar-refractivity contribution in [2.24, 2.45) is 0 Å². The number of amides is 2. The Balaban J connectivity index is 1.78. The molecule has 11 heteroatoms. The molecule has 6 nitrogen and oxygen atoms in total. The van der Waals surface area contributed by atoms with Gasteiger partial charge >= 0.3 is 6.18 Å². The predicted molar refractivity (Wildman–Crippen MR) is 101 cm³/mol. The summed E-state index contributed by atoms with van der Waals surface area (Å²) >= 11 is 6.52. The van der Waals surface area contributed by atoms with Crippen LogP contribution < -0.4 is 10.9 Å². The van der Waals surface area contributed by atoms with Crippen LogP contribution in [0.1, 0.15) is 31.3 Å². The molecule has 2 heterocycles. The molecule has 2 amide bonds. The first-order chi connectivity index (χ1) is 13.7. The normalized spacial score (nSPS) is 11.2. The van der Waals surface area contributed by atoms with Crippen LogP contribution >= 0.6 is 22.9 Å². The van der Waals surface area contributed by atoms with Gasteiger partial charge in [0.05, 0.1) is 11.3 Å². The Morgan fingerprint density at radius 3 is 2.38 bits per heavy atom. The number of carbonyl (C=O) groups is 2. The number of rotatable bonds is 3. The van der Waals surface area contributed by atoms with E-state index in [1.807, 2.05) is 0 Å². The van der Waals surface area contributed by atoms with E-state index >= 15 is 0 Å². The van der Waals surface area contributed by atoms with Crippen molar-refractivity contribution in [1.29, 1.82) is 0 Å². The molecule has 3 aromatic rings. The van der Waals surface area contributed by atoms with Crippen LogP contribution in [0, 0.1) is 6.92 Å². The Morgan fingerprint density at radius 2 is 1.72 bits per heavy atom. The molecule has 0 aliphatic carbocycles. The molecule has 0 radical (unpaired) electrons. The van der Waals surface area contributed by atoms with Crippen LogP contribution in [0.15, 0.2) is 42.7 Å².